The molecule has 1 heterocycles. The summed E-state index contributed by atoms with van der Waals surface area (Å²) in [6.07, 6.45) is 2.77. The van der Waals surface area contributed by atoms with Crippen molar-refractivity contribution in [3.8, 4) is 10.6 Å². The number of amides is 1. The monoisotopic (exact) mass is 474 g/mol. The highest BCUT2D eigenvalue weighted by atomic mass is 32.1. The summed E-state index contributed by atoms with van der Waals surface area (Å²) in [6.45, 7) is 1.97. The van der Waals surface area contributed by atoms with Crippen molar-refractivity contribution in [2.75, 3.05) is 5.32 Å². The molecule has 7 nitrogen and oxygen atoms in total. The van der Waals surface area contributed by atoms with E-state index in [0.29, 0.717) is 5.56 Å². The highest BCUT2D eigenvalue weighted by Crippen LogP contribution is 2.34. The Labute approximate surface area is 198 Å². The number of nitrogens with one attached hydrogen (secondary N) is 2. The first kappa shape index (κ1) is 22.3. The second kappa shape index (κ2) is 9.68. The van der Waals surface area contributed by atoms with E-state index in [4.69, 9.17) is 17.2 Å². The van der Waals surface area contributed by atoms with Gasteiger partial charge in [-0.2, -0.15) is 0 Å². The van der Waals surface area contributed by atoms with Crippen molar-refractivity contribution in [2.24, 2.45) is 0 Å². The second-order valence-electron chi connectivity index (χ2n) is 7.09. The van der Waals surface area contributed by atoms with Crippen LogP contribution in [-0.2, 0) is 4.79 Å². The third-order valence-corrected chi connectivity index (χ3v) is 6.13. The van der Waals surface area contributed by atoms with Gasteiger partial charge in [0.2, 0.25) is 5.91 Å². The highest BCUT2D eigenvalue weighted by molar-refractivity contribution is 7.80. The Morgan fingerprint density at radius 1 is 1.12 bits per heavy atom. The molecule has 4 rings (SSSR count). The molecule has 0 unspecified atom stereocenters. The van der Waals surface area contributed by atoms with E-state index >= 15 is 0 Å². The Bertz CT molecular complexity index is 1380. The van der Waals surface area contributed by atoms with Crippen LogP contribution in [-0.4, -0.2) is 20.9 Å². The number of para-hydroxylation sites is 1. The Hall–Kier alpha value is -3.95. The molecule has 0 fully saturated rings. The molecule has 164 valence electrons. The fraction of sp³-hybridized carbons (Fsp3) is 0.0417. The van der Waals surface area contributed by atoms with Crippen molar-refractivity contribution < 1.29 is 9.72 Å². The molecular weight excluding hydrogens is 456 g/mol. The van der Waals surface area contributed by atoms with Gasteiger partial charge < -0.3 is 5.32 Å². The molecule has 0 aliphatic carbocycles. The van der Waals surface area contributed by atoms with E-state index in [2.05, 4.69) is 10.6 Å². The summed E-state index contributed by atoms with van der Waals surface area (Å²) in [4.78, 5) is 27.3. The molecule has 0 saturated carbocycles. The third kappa shape index (κ3) is 5.28. The Kier molecular flexibility index (Phi) is 6.53. The molecule has 0 radical (unpaired) electrons. The van der Waals surface area contributed by atoms with Crippen LogP contribution in [0, 0.1) is 17.0 Å². The van der Waals surface area contributed by atoms with Crippen LogP contribution in [0.2, 0.25) is 0 Å². The maximum Gasteiger partial charge on any atom is 0.270 e. The molecule has 1 amide bonds. The fourth-order valence-electron chi connectivity index (χ4n) is 3.21. The zero-order chi connectivity index (χ0) is 23.4. The van der Waals surface area contributed by atoms with Crippen molar-refractivity contribution in [1.29, 1.82) is 0 Å². The lowest BCUT2D eigenvalue weighted by molar-refractivity contribution is -0.384. The summed E-state index contributed by atoms with van der Waals surface area (Å²) in [5.74, 6) is -0.445. The molecule has 1 aromatic heterocycles. The minimum absolute atomic E-state index is 0.0433. The quantitative estimate of drug-likeness (QED) is 0.167. The van der Waals surface area contributed by atoms with Crippen LogP contribution in [0.3, 0.4) is 0 Å². The first-order valence-electron chi connectivity index (χ1n) is 9.91. The first-order chi connectivity index (χ1) is 15.9. The Balaban J connectivity index is 1.44. The second-order valence-corrected chi connectivity index (χ2v) is 8.53. The summed E-state index contributed by atoms with van der Waals surface area (Å²) in [5.41, 5.74) is 4.16. The maximum absolute atomic E-state index is 12.2. The number of nitro benzene ring substituents is 1. The first-order valence-corrected chi connectivity index (χ1v) is 11.1. The largest absolute Gasteiger partial charge is 0.332 e. The summed E-state index contributed by atoms with van der Waals surface area (Å²) in [5, 5.41) is 17.6. The molecule has 0 spiro atoms. The Morgan fingerprint density at radius 2 is 1.91 bits per heavy atom. The van der Waals surface area contributed by atoms with Crippen molar-refractivity contribution in [3.05, 3.63) is 94.0 Å². The van der Waals surface area contributed by atoms with Crippen molar-refractivity contribution in [2.45, 2.75) is 6.92 Å². The Morgan fingerprint density at radius 3 is 2.70 bits per heavy atom. The normalized spacial score (nSPS) is 10.9. The number of hydrogen-bond acceptors (Lipinski definition) is 6. The van der Waals surface area contributed by atoms with E-state index in [-0.39, 0.29) is 10.8 Å². The average molecular weight is 475 g/mol. The molecule has 9 heteroatoms. The molecule has 3 aromatic carbocycles. The van der Waals surface area contributed by atoms with Gasteiger partial charge in [-0.3, -0.25) is 20.2 Å². The van der Waals surface area contributed by atoms with E-state index < -0.39 is 10.8 Å². The minimum atomic E-state index is -0.485. The zero-order valence-corrected chi connectivity index (χ0v) is 19.1. The lowest BCUT2D eigenvalue weighted by Crippen LogP contribution is -2.33. The number of rotatable bonds is 5. The molecule has 0 atom stereocenters. The minimum Gasteiger partial charge on any atom is -0.332 e. The maximum atomic E-state index is 12.2. The van der Waals surface area contributed by atoms with Crippen LogP contribution in [0.4, 0.5) is 11.4 Å². The molecule has 4 aromatic rings. The highest BCUT2D eigenvalue weighted by Gasteiger charge is 2.12. The van der Waals surface area contributed by atoms with Gasteiger partial charge in [0.05, 0.1) is 15.1 Å². The number of nitrogens with zero attached hydrogens (tertiary/aromatic N) is 2. The van der Waals surface area contributed by atoms with Crippen LogP contribution >= 0.6 is 23.6 Å². The lowest BCUT2D eigenvalue weighted by Gasteiger charge is -2.13. The molecule has 0 bridgehead atoms. The van der Waals surface area contributed by atoms with E-state index in [1.807, 2.05) is 49.4 Å². The van der Waals surface area contributed by atoms with Gasteiger partial charge in [-0.25, -0.2) is 4.98 Å². The van der Waals surface area contributed by atoms with Crippen LogP contribution in [0.15, 0.2) is 72.8 Å². The van der Waals surface area contributed by atoms with Crippen LogP contribution in [0.5, 0.6) is 0 Å². The van der Waals surface area contributed by atoms with Crippen molar-refractivity contribution >= 4 is 62.2 Å². The lowest BCUT2D eigenvalue weighted by atomic mass is 10.1. The van der Waals surface area contributed by atoms with E-state index in [1.54, 1.807) is 23.5 Å². The molecule has 2 N–H and O–H groups in total. The smallest absolute Gasteiger partial charge is 0.270 e. The van der Waals surface area contributed by atoms with Gasteiger partial charge in [0, 0.05) is 29.5 Å². The standard InChI is InChI=1S/C24H18N4O3S2/c1-15-18(23-25-20-9-2-3-11-21(20)33-23)8-5-10-19(15)26-24(32)27-22(29)13-12-16-6-4-7-17(14-16)28(30)31/h2-14H,1H3,(H2,26,27,29,32). The predicted octanol–water partition coefficient (Wildman–Crippen LogP) is 5.71. The SMILES string of the molecule is Cc1c(NC(=S)NC(=O)C=Cc2cccc([N+](=O)[O-])c2)cccc1-c1nc2ccccc2s1. The topological polar surface area (TPSA) is 97.2 Å². The number of benzene rings is 3. The van der Waals surface area contributed by atoms with Gasteiger partial charge in [0.15, 0.2) is 5.11 Å². The number of thiazole rings is 1. The van der Waals surface area contributed by atoms with Crippen LogP contribution in [0.1, 0.15) is 11.1 Å². The van der Waals surface area contributed by atoms with Gasteiger partial charge in [0.25, 0.3) is 5.69 Å². The average Bonchev–Trinajstić information content (AvgIpc) is 3.23. The number of anilines is 1. The van der Waals surface area contributed by atoms with Gasteiger partial charge in [-0.1, -0.05) is 36.4 Å². The van der Waals surface area contributed by atoms with E-state index in [0.717, 1.165) is 32.0 Å². The van der Waals surface area contributed by atoms with Crippen LogP contribution < -0.4 is 10.6 Å². The molecule has 0 aliphatic heterocycles. The van der Waals surface area contributed by atoms with Crippen LogP contribution in [0.25, 0.3) is 26.9 Å². The van der Waals surface area contributed by atoms with Gasteiger partial charge in [-0.15, -0.1) is 11.3 Å². The number of thiocarbonyl (C=S) groups is 1. The van der Waals surface area contributed by atoms with Gasteiger partial charge in [0.1, 0.15) is 5.01 Å². The zero-order valence-electron chi connectivity index (χ0n) is 17.4. The van der Waals surface area contributed by atoms with Crippen molar-refractivity contribution in [3.63, 3.8) is 0 Å². The van der Waals surface area contributed by atoms with Gasteiger partial charge in [-0.05, 0) is 54.5 Å². The number of carbonyl (C=O) groups is 1. The molecule has 0 aliphatic rings. The number of hydrogen-bond donors (Lipinski definition) is 2. The third-order valence-electron chi connectivity index (χ3n) is 4.85. The number of non-ortho nitro benzene ring substituents is 1. The fourth-order valence-corrected chi connectivity index (χ4v) is 4.47. The molecule has 0 saturated heterocycles. The molecular formula is C24H18N4O3S2. The summed E-state index contributed by atoms with van der Waals surface area (Å²) in [6, 6.07) is 19.8. The molecule has 33 heavy (non-hydrogen) atoms. The van der Waals surface area contributed by atoms with E-state index in [1.165, 1.54) is 24.3 Å². The predicted molar refractivity (Wildman–Crippen MR) is 136 cm³/mol. The number of carbonyl (C=O) groups excluding carboxylic acids is 1. The summed E-state index contributed by atoms with van der Waals surface area (Å²) >= 11 is 6.91. The summed E-state index contributed by atoms with van der Waals surface area (Å²) in [7, 11) is 0. The van der Waals surface area contributed by atoms with Crippen molar-refractivity contribution in [1.82, 2.24) is 10.3 Å². The number of aromatic nitrogens is 1. The summed E-state index contributed by atoms with van der Waals surface area (Å²) < 4.78 is 1.11. The number of nitro groups is 1. The van der Waals surface area contributed by atoms with Gasteiger partial charge >= 0.3 is 0 Å². The number of fused-ring (bicyclic) bond motifs is 1. The van der Waals surface area contributed by atoms with E-state index in [9.17, 15) is 14.9 Å².